The van der Waals surface area contributed by atoms with Gasteiger partial charge in [0.05, 0.1) is 17.7 Å². The van der Waals surface area contributed by atoms with E-state index in [1.807, 2.05) is 84.0 Å². The zero-order chi connectivity index (χ0) is 60.2. The van der Waals surface area contributed by atoms with Gasteiger partial charge < -0.3 is 39.7 Å². The number of fused-ring (bicyclic) bond motifs is 1. The number of hydrogen-bond donors (Lipinski definition) is 2. The molecule has 444 valence electrons. The molecule has 80 heavy (non-hydrogen) atoms. The Hall–Kier alpha value is -5.49. The van der Waals surface area contributed by atoms with E-state index in [0.29, 0.717) is 31.2 Å². The minimum absolute atomic E-state index is 0.000701. The molecule has 2 N–H and O–H groups in total. The molecule has 3 unspecified atom stereocenters. The quantitative estimate of drug-likeness (QED) is 0.190. The molecule has 0 radical (unpaired) electrons. The lowest BCUT2D eigenvalue weighted by molar-refractivity contribution is -0.178. The molecule has 0 saturated carbocycles. The molecule has 0 aliphatic carbocycles. The zero-order valence-corrected chi connectivity index (χ0v) is 52.1. The van der Waals surface area contributed by atoms with Crippen LogP contribution in [0.2, 0.25) is 0 Å². The lowest BCUT2D eigenvalue weighted by Crippen LogP contribution is -2.61. The number of likely N-dealkylation sites (N-methyl/N-ethyl adjacent to an activating group) is 4. The molecule has 2 aliphatic heterocycles. The van der Waals surface area contributed by atoms with E-state index in [2.05, 4.69) is 21.2 Å². The molecular formula is C62H93BrN6O11. The summed E-state index contributed by atoms with van der Waals surface area (Å²) in [5.74, 6) is -9.34. The summed E-state index contributed by atoms with van der Waals surface area (Å²) in [5.41, 5.74) is -0.523. The molecule has 2 aliphatic rings. The van der Waals surface area contributed by atoms with Crippen molar-refractivity contribution in [2.45, 2.75) is 189 Å². The van der Waals surface area contributed by atoms with Crippen LogP contribution in [-0.4, -0.2) is 165 Å². The maximum Gasteiger partial charge on any atom is 0.332 e. The second kappa shape index (κ2) is 29.5. The van der Waals surface area contributed by atoms with E-state index in [1.54, 1.807) is 46.9 Å². The van der Waals surface area contributed by atoms with Gasteiger partial charge in [0.15, 0.2) is 23.7 Å². The fourth-order valence-electron chi connectivity index (χ4n) is 11.8. The van der Waals surface area contributed by atoms with E-state index in [4.69, 9.17) is 4.74 Å². The molecule has 2 aromatic rings. The Bertz CT molecular complexity index is 2500. The van der Waals surface area contributed by atoms with E-state index in [9.17, 15) is 38.7 Å². The summed E-state index contributed by atoms with van der Waals surface area (Å²) in [6, 6.07) is 9.12. The smallest absolute Gasteiger partial charge is 0.332 e. The first-order valence-corrected chi connectivity index (χ1v) is 29.6. The Morgan fingerprint density at radius 3 is 1.80 bits per heavy atom. The predicted octanol–water partition coefficient (Wildman–Crippen LogP) is 7.32. The van der Waals surface area contributed by atoms with E-state index in [0.717, 1.165) is 14.9 Å². The number of carbonyl (C=O) groups excluding carboxylic acids is 9. The van der Waals surface area contributed by atoms with Crippen molar-refractivity contribution in [3.8, 4) is 0 Å². The van der Waals surface area contributed by atoms with Gasteiger partial charge in [-0.1, -0.05) is 134 Å². The normalized spacial score (nSPS) is 26.5. The third-order valence-corrected chi connectivity index (χ3v) is 17.0. The molecule has 18 heteroatoms. The van der Waals surface area contributed by atoms with Crippen LogP contribution in [0.5, 0.6) is 0 Å². The zero-order valence-electron chi connectivity index (χ0n) is 50.5. The number of amides is 6. The molecule has 0 spiro atoms. The molecule has 4 rings (SSSR count). The molecule has 11 atom stereocenters. The Balaban J connectivity index is 1.99. The molecule has 2 fully saturated rings. The summed E-state index contributed by atoms with van der Waals surface area (Å²) in [6.45, 7) is 21.1. The average Bonchev–Trinajstić information content (AvgIpc) is 3.90. The number of halogens is 1. The maximum absolute atomic E-state index is 15.4. The number of aliphatic hydroxyl groups is 1. The van der Waals surface area contributed by atoms with Gasteiger partial charge in [0, 0.05) is 82.6 Å². The van der Waals surface area contributed by atoms with Crippen molar-refractivity contribution in [3.05, 3.63) is 70.2 Å². The number of esters is 1. The predicted molar refractivity (Wildman–Crippen MR) is 311 cm³/mol. The average molecular weight is 1180 g/mol. The summed E-state index contributed by atoms with van der Waals surface area (Å²) >= 11 is 3.55. The Labute approximate surface area is 484 Å². The summed E-state index contributed by atoms with van der Waals surface area (Å²) in [5, 5.41) is 14.7. The first kappa shape index (κ1) is 67.0. The number of nitrogens with zero attached hydrogens (tertiary/aromatic N) is 5. The second-order valence-corrected chi connectivity index (χ2v) is 25.3. The van der Waals surface area contributed by atoms with Crippen LogP contribution >= 0.6 is 15.9 Å². The first-order valence-electron chi connectivity index (χ1n) is 28.8. The van der Waals surface area contributed by atoms with Crippen LogP contribution < -0.4 is 5.32 Å². The minimum Gasteiger partial charge on any atom is -0.450 e. The van der Waals surface area contributed by atoms with E-state index in [-0.39, 0.29) is 56.3 Å². The highest BCUT2D eigenvalue weighted by Gasteiger charge is 2.48. The van der Waals surface area contributed by atoms with Gasteiger partial charge >= 0.3 is 5.97 Å². The third kappa shape index (κ3) is 16.8. The second-order valence-electron chi connectivity index (χ2n) is 24.4. The number of nitrogens with one attached hydrogen (secondary N) is 1. The summed E-state index contributed by atoms with van der Waals surface area (Å²) in [7, 11) is 5.82. The third-order valence-electron chi connectivity index (χ3n) is 16.5. The van der Waals surface area contributed by atoms with Gasteiger partial charge in [-0.05, 0) is 86.5 Å². The number of hydrogen-bond acceptors (Lipinski definition) is 11. The minimum atomic E-state index is -1.94. The highest BCUT2D eigenvalue weighted by Crippen LogP contribution is 2.32. The molecule has 6 amide bonds. The van der Waals surface area contributed by atoms with Gasteiger partial charge in [-0.15, -0.1) is 0 Å². The van der Waals surface area contributed by atoms with Crippen LogP contribution in [0.15, 0.2) is 59.1 Å². The largest absolute Gasteiger partial charge is 0.450 e. The van der Waals surface area contributed by atoms with Crippen molar-refractivity contribution < 1.29 is 53.0 Å². The summed E-state index contributed by atoms with van der Waals surface area (Å²) < 4.78 is 6.87. The van der Waals surface area contributed by atoms with Crippen LogP contribution in [0.3, 0.4) is 0 Å². The Morgan fingerprint density at radius 1 is 0.662 bits per heavy atom. The van der Waals surface area contributed by atoms with Crippen molar-refractivity contribution in [2.75, 3.05) is 34.7 Å². The topological polar surface area (TPSA) is 211 Å². The molecule has 2 aromatic carbocycles. The monoisotopic (exact) mass is 1180 g/mol. The summed E-state index contributed by atoms with van der Waals surface area (Å²) in [6.07, 6.45) is -0.107. The van der Waals surface area contributed by atoms with Crippen molar-refractivity contribution in [1.82, 2.24) is 29.8 Å². The first-order chi connectivity index (χ1) is 37.4. The molecular weight excluding hydrogens is 1080 g/mol. The van der Waals surface area contributed by atoms with Crippen molar-refractivity contribution in [3.63, 3.8) is 0 Å². The highest BCUT2D eigenvalue weighted by atomic mass is 79.9. The number of benzene rings is 2. The van der Waals surface area contributed by atoms with E-state index < -0.39 is 125 Å². The molecule has 2 heterocycles. The van der Waals surface area contributed by atoms with Crippen LogP contribution in [0, 0.1) is 41.4 Å². The standard InChI is InChI=1S/C62H93BrN6O11/c1-17-39(9)45-35-49(70)47-28-23-29-69(47)59(76)48(33-42-26-22-27-44(63)31-42)65(13)58(75)46(32-41-24-20-19-21-25-41)64-55(72)52(38(7)8)67(15)60(77)53(40(10)18-2)80-61(78)54(62(11,12)79)68(16)56(73)43(30-36(3)4)34-50(71)51(37(5)6)66(14)57(45)74/h19-22,24-27,31,36-40,43,45-48,51-54,79H,17-18,23,28-30,32-35H2,1-16H3,(H,64,72)/t39?,40?,43-,45+,46+,47+,48+,51+,52+,53-,54?/m1/s1. The number of carbonyl (C=O) groups is 9. The molecule has 2 saturated heterocycles. The fourth-order valence-corrected chi connectivity index (χ4v) is 12.2. The van der Waals surface area contributed by atoms with Crippen LogP contribution in [0.4, 0.5) is 0 Å². The lowest BCUT2D eigenvalue weighted by atomic mass is 9.82. The summed E-state index contributed by atoms with van der Waals surface area (Å²) in [4.78, 5) is 141. The molecule has 0 bridgehead atoms. The number of rotatable bonds is 13. The van der Waals surface area contributed by atoms with Crippen LogP contribution in [0.1, 0.15) is 139 Å². The van der Waals surface area contributed by atoms with E-state index >= 15 is 9.59 Å². The number of ketones is 2. The van der Waals surface area contributed by atoms with Gasteiger partial charge in [-0.3, -0.25) is 38.4 Å². The van der Waals surface area contributed by atoms with Gasteiger partial charge in [-0.25, -0.2) is 4.79 Å². The van der Waals surface area contributed by atoms with E-state index in [1.165, 1.54) is 54.6 Å². The Kier molecular flexibility index (Phi) is 24.7. The van der Waals surface area contributed by atoms with Gasteiger partial charge in [0.25, 0.3) is 5.91 Å². The van der Waals surface area contributed by atoms with Crippen molar-refractivity contribution in [1.29, 1.82) is 0 Å². The lowest BCUT2D eigenvalue weighted by Gasteiger charge is -2.39. The van der Waals surface area contributed by atoms with Gasteiger partial charge in [0.1, 0.15) is 18.1 Å². The number of Topliss-reactive ketones (excluding diaryl/α,β-unsaturated/α-hetero) is 2. The number of ether oxygens (including phenoxy) is 1. The maximum atomic E-state index is 15.4. The van der Waals surface area contributed by atoms with Crippen LogP contribution in [-0.2, 0) is 60.7 Å². The van der Waals surface area contributed by atoms with Gasteiger partial charge in [0.2, 0.25) is 29.5 Å². The fraction of sp³-hybridized carbons (Fsp3) is 0.661. The highest BCUT2D eigenvalue weighted by molar-refractivity contribution is 9.10. The van der Waals surface area contributed by atoms with Gasteiger partial charge in [-0.2, -0.15) is 0 Å². The molecule has 0 aromatic heterocycles. The molecule has 17 nitrogen and oxygen atoms in total. The van der Waals surface area contributed by atoms with Crippen molar-refractivity contribution in [2.24, 2.45) is 41.4 Å². The number of cyclic esters (lactones) is 1. The SMILES string of the molecule is CCC(C)[C@@H]1CC(=O)[C@@H]2CCCN2C(=O)[C@H](Cc2cccc(Br)c2)N(C)C(=O)[C@H](Cc2ccccc2)NC(=O)[C@H](C(C)C)N(C)C(=O)[C@@H](C(C)CC)OC(=O)C(C(C)(C)O)N(C)C(=O)[C@H](CC(C)C)CC(=O)[C@H](C(C)C)N(C)C1=O. The van der Waals surface area contributed by atoms with Crippen molar-refractivity contribution >= 4 is 68.9 Å². The van der Waals surface area contributed by atoms with Crippen LogP contribution in [0.25, 0.3) is 0 Å². The Morgan fingerprint density at radius 2 is 1.25 bits per heavy atom.